The van der Waals surface area contributed by atoms with Crippen molar-refractivity contribution in [2.75, 3.05) is 26.2 Å². The van der Waals surface area contributed by atoms with E-state index in [1.807, 2.05) is 29.5 Å². The largest absolute Gasteiger partial charge is 0.351 e. The molecule has 3 N–H and O–H groups in total. The van der Waals surface area contributed by atoms with Crippen LogP contribution in [0, 0.1) is 6.92 Å². The van der Waals surface area contributed by atoms with E-state index < -0.39 is 0 Å². The van der Waals surface area contributed by atoms with Gasteiger partial charge in [0.05, 0.1) is 30.5 Å². The molecule has 8 heteroatoms. The minimum absolute atomic E-state index is 0.0178. The van der Waals surface area contributed by atoms with Gasteiger partial charge in [0.2, 0.25) is 12.3 Å². The van der Waals surface area contributed by atoms with Crippen LogP contribution in [-0.2, 0) is 16.1 Å². The molecule has 2 aromatic carbocycles. The first kappa shape index (κ1) is 21.0. The van der Waals surface area contributed by atoms with Crippen molar-refractivity contribution in [2.24, 2.45) is 5.73 Å². The maximum absolute atomic E-state index is 11.7. The van der Waals surface area contributed by atoms with Crippen molar-refractivity contribution in [3.63, 3.8) is 0 Å². The summed E-state index contributed by atoms with van der Waals surface area (Å²) in [6.45, 7) is 4.56. The molecule has 0 unspecified atom stereocenters. The molecule has 4 rings (SSSR count). The Morgan fingerprint density at radius 1 is 1.26 bits per heavy atom. The van der Waals surface area contributed by atoms with Crippen molar-refractivity contribution < 1.29 is 9.59 Å². The SMILES string of the molecule is Cc1ccccc1-c1cccc2c1ncn2CCN(C=O)N1CC[C@@H](NC(=O)CN)C1. The molecule has 1 saturated heterocycles. The number of rotatable bonds is 8. The highest BCUT2D eigenvalue weighted by atomic mass is 16.2. The van der Waals surface area contributed by atoms with Crippen LogP contribution in [0.15, 0.2) is 48.8 Å². The zero-order valence-corrected chi connectivity index (χ0v) is 17.7. The van der Waals surface area contributed by atoms with Gasteiger partial charge in [0.25, 0.3) is 0 Å². The van der Waals surface area contributed by atoms with Crippen LogP contribution in [-0.4, -0.2) is 64.1 Å². The van der Waals surface area contributed by atoms with Gasteiger partial charge >= 0.3 is 0 Å². The first-order valence-corrected chi connectivity index (χ1v) is 10.6. The molecule has 1 atom stereocenters. The van der Waals surface area contributed by atoms with Gasteiger partial charge in [-0.1, -0.05) is 36.4 Å². The molecule has 2 heterocycles. The van der Waals surface area contributed by atoms with E-state index in [9.17, 15) is 9.59 Å². The predicted molar refractivity (Wildman–Crippen MR) is 120 cm³/mol. The summed E-state index contributed by atoms with van der Waals surface area (Å²) in [5.41, 5.74) is 10.9. The zero-order chi connectivity index (χ0) is 21.8. The number of nitrogens with two attached hydrogens (primary N) is 1. The summed E-state index contributed by atoms with van der Waals surface area (Å²) in [6, 6.07) is 14.5. The van der Waals surface area contributed by atoms with Crippen LogP contribution < -0.4 is 11.1 Å². The van der Waals surface area contributed by atoms with Crippen molar-refractivity contribution >= 4 is 23.4 Å². The molecule has 31 heavy (non-hydrogen) atoms. The fourth-order valence-electron chi connectivity index (χ4n) is 4.21. The molecule has 162 valence electrons. The third-order valence-corrected chi connectivity index (χ3v) is 5.86. The van der Waals surface area contributed by atoms with Crippen LogP contribution in [0.5, 0.6) is 0 Å². The van der Waals surface area contributed by atoms with E-state index in [1.165, 1.54) is 11.1 Å². The van der Waals surface area contributed by atoms with Crippen molar-refractivity contribution in [2.45, 2.75) is 25.9 Å². The van der Waals surface area contributed by atoms with E-state index in [4.69, 9.17) is 5.73 Å². The number of carbonyl (C=O) groups excluding carboxylic acids is 2. The van der Waals surface area contributed by atoms with Crippen molar-refractivity contribution in [3.05, 3.63) is 54.4 Å². The molecule has 2 amide bonds. The minimum Gasteiger partial charge on any atom is -0.351 e. The number of aromatic nitrogens is 2. The lowest BCUT2D eigenvalue weighted by Gasteiger charge is -2.28. The summed E-state index contributed by atoms with van der Waals surface area (Å²) in [7, 11) is 0. The quantitative estimate of drug-likeness (QED) is 0.539. The second-order valence-corrected chi connectivity index (χ2v) is 7.86. The molecule has 1 aliphatic heterocycles. The van der Waals surface area contributed by atoms with Gasteiger partial charge in [-0.3, -0.25) is 14.6 Å². The van der Waals surface area contributed by atoms with Gasteiger partial charge in [-0.2, -0.15) is 0 Å². The van der Waals surface area contributed by atoms with E-state index in [2.05, 4.69) is 46.1 Å². The number of carbonyl (C=O) groups is 2. The monoisotopic (exact) mass is 420 g/mol. The standard InChI is InChI=1S/C23H28N6O2/c1-17-5-2-3-6-19(17)20-7-4-8-21-23(20)25-15-27(21)11-12-29(16-30)28-10-9-18(14-28)26-22(31)13-24/h2-8,15-16,18H,9-14,24H2,1H3,(H,26,31)/t18-/m1/s1. The molecule has 0 saturated carbocycles. The third-order valence-electron chi connectivity index (χ3n) is 5.86. The number of imidazole rings is 1. The Kier molecular flexibility index (Phi) is 6.29. The number of nitrogens with one attached hydrogen (secondary N) is 1. The average Bonchev–Trinajstić information content (AvgIpc) is 3.42. The Morgan fingerprint density at radius 3 is 2.84 bits per heavy atom. The minimum atomic E-state index is -0.168. The van der Waals surface area contributed by atoms with Gasteiger partial charge in [-0.15, -0.1) is 0 Å². The number of hydrogen-bond acceptors (Lipinski definition) is 5. The lowest BCUT2D eigenvalue weighted by molar-refractivity contribution is -0.133. The Labute approximate surface area is 181 Å². The molecule has 3 aromatic rings. The highest BCUT2D eigenvalue weighted by molar-refractivity contribution is 5.92. The van der Waals surface area contributed by atoms with Crippen LogP contribution in [0.4, 0.5) is 0 Å². The van der Waals surface area contributed by atoms with E-state index in [-0.39, 0.29) is 18.5 Å². The van der Waals surface area contributed by atoms with E-state index in [1.54, 1.807) is 5.01 Å². The number of hydrazine groups is 1. The first-order valence-electron chi connectivity index (χ1n) is 10.6. The van der Waals surface area contributed by atoms with Crippen LogP contribution in [0.25, 0.3) is 22.2 Å². The number of fused-ring (bicyclic) bond motifs is 1. The molecule has 8 nitrogen and oxygen atoms in total. The van der Waals surface area contributed by atoms with Gasteiger partial charge in [-0.25, -0.2) is 9.99 Å². The van der Waals surface area contributed by atoms with Crippen LogP contribution in [0.2, 0.25) is 0 Å². The molecule has 0 aliphatic carbocycles. The number of nitrogens with zero attached hydrogens (tertiary/aromatic N) is 4. The molecule has 0 spiro atoms. The Balaban J connectivity index is 1.47. The normalized spacial score (nSPS) is 16.5. The van der Waals surface area contributed by atoms with Crippen molar-refractivity contribution in [3.8, 4) is 11.1 Å². The summed E-state index contributed by atoms with van der Waals surface area (Å²) in [5, 5.41) is 6.56. The molecule has 1 aliphatic rings. The molecule has 0 bridgehead atoms. The Bertz CT molecular complexity index is 1080. The summed E-state index contributed by atoms with van der Waals surface area (Å²) in [4.78, 5) is 27.9. The van der Waals surface area contributed by atoms with Crippen LogP contribution >= 0.6 is 0 Å². The van der Waals surface area contributed by atoms with Gasteiger partial charge in [0.15, 0.2) is 0 Å². The smallest absolute Gasteiger partial charge is 0.233 e. The van der Waals surface area contributed by atoms with E-state index in [0.29, 0.717) is 19.6 Å². The third kappa shape index (κ3) is 4.45. The predicted octanol–water partition coefficient (Wildman–Crippen LogP) is 1.53. The molecular weight excluding hydrogens is 392 g/mol. The Hall–Kier alpha value is -3.23. The maximum atomic E-state index is 11.7. The molecule has 1 fully saturated rings. The van der Waals surface area contributed by atoms with E-state index in [0.717, 1.165) is 36.0 Å². The zero-order valence-electron chi connectivity index (χ0n) is 17.7. The summed E-state index contributed by atoms with van der Waals surface area (Å²) in [5.74, 6) is -0.168. The fraction of sp³-hybridized carbons (Fsp3) is 0.348. The van der Waals surface area contributed by atoms with Crippen molar-refractivity contribution in [1.82, 2.24) is 24.9 Å². The molecular formula is C23H28N6O2. The van der Waals surface area contributed by atoms with Gasteiger partial charge < -0.3 is 15.6 Å². The number of amides is 2. The number of aryl methyl sites for hydroxylation is 1. The number of para-hydroxylation sites is 1. The summed E-state index contributed by atoms with van der Waals surface area (Å²) >= 11 is 0. The summed E-state index contributed by atoms with van der Waals surface area (Å²) < 4.78 is 2.08. The summed E-state index contributed by atoms with van der Waals surface area (Å²) in [6.07, 6.45) is 3.48. The second-order valence-electron chi connectivity index (χ2n) is 7.86. The lowest BCUT2D eigenvalue weighted by Crippen LogP contribution is -2.45. The van der Waals surface area contributed by atoms with Gasteiger partial charge in [0.1, 0.15) is 0 Å². The highest BCUT2D eigenvalue weighted by Crippen LogP contribution is 2.29. The van der Waals surface area contributed by atoms with Gasteiger partial charge in [0, 0.05) is 31.2 Å². The van der Waals surface area contributed by atoms with Gasteiger partial charge in [-0.05, 0) is 30.5 Å². The number of benzene rings is 2. The van der Waals surface area contributed by atoms with Crippen LogP contribution in [0.3, 0.4) is 0 Å². The first-order chi connectivity index (χ1) is 15.1. The molecule has 0 radical (unpaired) electrons. The Morgan fingerprint density at radius 2 is 2.06 bits per heavy atom. The second kappa shape index (κ2) is 9.28. The number of hydrogen-bond donors (Lipinski definition) is 2. The topological polar surface area (TPSA) is 96.5 Å². The van der Waals surface area contributed by atoms with E-state index >= 15 is 0 Å². The average molecular weight is 421 g/mol. The van der Waals surface area contributed by atoms with Crippen LogP contribution in [0.1, 0.15) is 12.0 Å². The maximum Gasteiger partial charge on any atom is 0.233 e. The molecule has 1 aromatic heterocycles. The van der Waals surface area contributed by atoms with Crippen molar-refractivity contribution in [1.29, 1.82) is 0 Å². The fourth-order valence-corrected chi connectivity index (χ4v) is 4.21. The highest BCUT2D eigenvalue weighted by Gasteiger charge is 2.27. The lowest BCUT2D eigenvalue weighted by atomic mass is 9.99.